The fourth-order valence-electron chi connectivity index (χ4n) is 1.92. The number of rotatable bonds is 11. The van der Waals surface area contributed by atoms with Crippen molar-refractivity contribution >= 4 is 23.8 Å². The first-order valence-electron chi connectivity index (χ1n) is 8.02. The zero-order chi connectivity index (χ0) is 18.5. The first-order valence-corrected chi connectivity index (χ1v) is 8.02. The van der Waals surface area contributed by atoms with Crippen LogP contribution >= 0.6 is 0 Å². The predicted octanol–water partition coefficient (Wildman–Crippen LogP) is -0.212. The highest BCUT2D eigenvalue weighted by molar-refractivity contribution is 5.93. The summed E-state index contributed by atoms with van der Waals surface area (Å²) in [7, 11) is 1.19. The van der Waals surface area contributed by atoms with Crippen LogP contribution in [0.5, 0.6) is 0 Å². The van der Waals surface area contributed by atoms with Gasteiger partial charge in [0.2, 0.25) is 11.8 Å². The second-order valence-electron chi connectivity index (χ2n) is 5.44. The molecule has 0 aromatic heterocycles. The average molecular weight is 344 g/mol. The summed E-state index contributed by atoms with van der Waals surface area (Å²) < 4.78 is 4.50. The van der Waals surface area contributed by atoms with Crippen molar-refractivity contribution in [2.24, 2.45) is 5.73 Å². The SMILES string of the molecule is CCCCCCNC(=O)N[C@H](CC(N)=O)C(=O)N[C@@H](C)C(=O)OC. The van der Waals surface area contributed by atoms with Gasteiger partial charge in [0, 0.05) is 6.54 Å². The van der Waals surface area contributed by atoms with E-state index in [1.165, 1.54) is 14.0 Å². The Morgan fingerprint density at radius 1 is 1.08 bits per heavy atom. The van der Waals surface area contributed by atoms with Crippen LogP contribution < -0.4 is 21.7 Å². The number of primary amides is 1. The topological polar surface area (TPSA) is 140 Å². The maximum absolute atomic E-state index is 12.1. The standard InChI is InChI=1S/C15H28N4O5/c1-4-5-6-7-8-17-15(23)19-11(9-12(16)20)13(21)18-10(2)14(22)24-3/h10-11H,4-9H2,1-3H3,(H2,16,20)(H,18,21)(H2,17,19,23)/t10-,11+/m0/s1. The monoisotopic (exact) mass is 344 g/mol. The van der Waals surface area contributed by atoms with E-state index in [0.717, 1.165) is 25.7 Å². The van der Waals surface area contributed by atoms with Gasteiger partial charge in [-0.1, -0.05) is 26.2 Å². The van der Waals surface area contributed by atoms with E-state index in [4.69, 9.17) is 5.73 Å². The van der Waals surface area contributed by atoms with Crippen LogP contribution in [-0.2, 0) is 19.1 Å². The lowest BCUT2D eigenvalue weighted by Crippen LogP contribution is -2.54. The molecule has 0 aliphatic carbocycles. The summed E-state index contributed by atoms with van der Waals surface area (Å²) in [5.74, 6) is -2.07. The van der Waals surface area contributed by atoms with Crippen LogP contribution in [0, 0.1) is 0 Å². The molecule has 0 aliphatic heterocycles. The first-order chi connectivity index (χ1) is 11.3. The number of carbonyl (C=O) groups excluding carboxylic acids is 4. The Morgan fingerprint density at radius 2 is 1.75 bits per heavy atom. The van der Waals surface area contributed by atoms with Crippen molar-refractivity contribution in [1.29, 1.82) is 0 Å². The second-order valence-corrected chi connectivity index (χ2v) is 5.44. The molecule has 2 atom stereocenters. The van der Waals surface area contributed by atoms with Gasteiger partial charge < -0.3 is 26.4 Å². The van der Waals surface area contributed by atoms with Crippen LogP contribution in [0.1, 0.15) is 46.0 Å². The van der Waals surface area contributed by atoms with Crippen molar-refractivity contribution in [1.82, 2.24) is 16.0 Å². The van der Waals surface area contributed by atoms with Crippen LogP contribution in [0.3, 0.4) is 0 Å². The number of hydrogen-bond donors (Lipinski definition) is 4. The summed E-state index contributed by atoms with van der Waals surface area (Å²) in [5, 5.41) is 7.36. The predicted molar refractivity (Wildman–Crippen MR) is 87.9 cm³/mol. The van der Waals surface area contributed by atoms with Crippen LogP contribution in [0.25, 0.3) is 0 Å². The molecule has 0 spiro atoms. The molecule has 0 aliphatic rings. The van der Waals surface area contributed by atoms with Gasteiger partial charge in [-0.3, -0.25) is 9.59 Å². The molecule has 0 saturated carbocycles. The van der Waals surface area contributed by atoms with Gasteiger partial charge in [-0.05, 0) is 13.3 Å². The molecule has 5 N–H and O–H groups in total. The molecule has 0 aromatic carbocycles. The fourth-order valence-corrected chi connectivity index (χ4v) is 1.92. The summed E-state index contributed by atoms with van der Waals surface area (Å²) in [6, 6.07) is -2.64. The molecule has 0 aromatic rings. The van der Waals surface area contributed by atoms with Crippen molar-refractivity contribution in [2.75, 3.05) is 13.7 Å². The number of unbranched alkanes of at least 4 members (excludes halogenated alkanes) is 3. The Labute approximate surface area is 142 Å². The number of esters is 1. The maximum atomic E-state index is 12.1. The minimum absolute atomic E-state index is 0.372. The molecule has 0 unspecified atom stereocenters. The molecule has 0 rings (SSSR count). The first kappa shape index (κ1) is 21.7. The number of ether oxygens (including phenoxy) is 1. The number of nitrogens with one attached hydrogen (secondary N) is 3. The number of methoxy groups -OCH3 is 1. The van der Waals surface area contributed by atoms with E-state index >= 15 is 0 Å². The van der Waals surface area contributed by atoms with Gasteiger partial charge in [0.25, 0.3) is 0 Å². The summed E-state index contributed by atoms with van der Waals surface area (Å²) in [4.78, 5) is 46.3. The van der Waals surface area contributed by atoms with E-state index in [1.54, 1.807) is 0 Å². The molecule has 0 heterocycles. The average Bonchev–Trinajstić information content (AvgIpc) is 2.52. The maximum Gasteiger partial charge on any atom is 0.328 e. The molecule has 24 heavy (non-hydrogen) atoms. The quantitative estimate of drug-likeness (QED) is 0.303. The Morgan fingerprint density at radius 3 is 2.29 bits per heavy atom. The Kier molecular flexibility index (Phi) is 11.0. The molecule has 0 bridgehead atoms. The van der Waals surface area contributed by atoms with Gasteiger partial charge in [0.05, 0.1) is 13.5 Å². The normalized spacial score (nSPS) is 12.6. The summed E-state index contributed by atoms with van der Waals surface area (Å²) in [5.41, 5.74) is 5.10. The van der Waals surface area contributed by atoms with Crippen molar-refractivity contribution in [3.63, 3.8) is 0 Å². The van der Waals surface area contributed by atoms with E-state index in [-0.39, 0.29) is 6.42 Å². The Balaban J connectivity index is 4.48. The highest BCUT2D eigenvalue weighted by Gasteiger charge is 2.26. The van der Waals surface area contributed by atoms with Crippen molar-refractivity contribution in [3.05, 3.63) is 0 Å². The van der Waals surface area contributed by atoms with Gasteiger partial charge in [0.1, 0.15) is 12.1 Å². The molecule has 9 nitrogen and oxygen atoms in total. The van der Waals surface area contributed by atoms with Crippen molar-refractivity contribution in [3.8, 4) is 0 Å². The minimum atomic E-state index is -1.16. The fraction of sp³-hybridized carbons (Fsp3) is 0.733. The van der Waals surface area contributed by atoms with Crippen LogP contribution in [0.15, 0.2) is 0 Å². The summed E-state index contributed by atoms with van der Waals surface area (Å²) in [6.07, 6.45) is 3.63. The van der Waals surface area contributed by atoms with E-state index in [1.807, 2.05) is 0 Å². The Hall–Kier alpha value is -2.32. The van der Waals surface area contributed by atoms with Crippen LogP contribution in [0.2, 0.25) is 0 Å². The zero-order valence-corrected chi connectivity index (χ0v) is 14.5. The second kappa shape index (κ2) is 12.1. The number of nitrogens with two attached hydrogens (primary N) is 1. The summed E-state index contributed by atoms with van der Waals surface area (Å²) in [6.45, 7) is 3.98. The van der Waals surface area contributed by atoms with Crippen molar-refractivity contribution < 1.29 is 23.9 Å². The lowest BCUT2D eigenvalue weighted by atomic mass is 10.1. The number of hydrogen-bond acceptors (Lipinski definition) is 5. The molecule has 0 radical (unpaired) electrons. The Bertz CT molecular complexity index is 442. The molecule has 9 heteroatoms. The molecule has 4 amide bonds. The van der Waals surface area contributed by atoms with Gasteiger partial charge >= 0.3 is 12.0 Å². The molecule has 0 fully saturated rings. The van der Waals surface area contributed by atoms with Gasteiger partial charge in [0.15, 0.2) is 0 Å². The van der Waals surface area contributed by atoms with E-state index in [2.05, 4.69) is 27.6 Å². The summed E-state index contributed by atoms with van der Waals surface area (Å²) >= 11 is 0. The largest absolute Gasteiger partial charge is 0.467 e. The molecule has 138 valence electrons. The smallest absolute Gasteiger partial charge is 0.328 e. The number of urea groups is 1. The highest BCUT2D eigenvalue weighted by Crippen LogP contribution is 1.98. The van der Waals surface area contributed by atoms with E-state index < -0.39 is 35.9 Å². The van der Waals surface area contributed by atoms with Gasteiger partial charge in [-0.25, -0.2) is 9.59 Å². The lowest BCUT2D eigenvalue weighted by molar-refractivity contribution is -0.144. The van der Waals surface area contributed by atoms with Crippen LogP contribution in [-0.4, -0.2) is 49.6 Å². The molecule has 0 saturated heterocycles. The molecular weight excluding hydrogens is 316 g/mol. The third-order valence-electron chi connectivity index (χ3n) is 3.26. The highest BCUT2D eigenvalue weighted by atomic mass is 16.5. The lowest BCUT2D eigenvalue weighted by Gasteiger charge is -2.19. The van der Waals surface area contributed by atoms with Crippen molar-refractivity contribution in [2.45, 2.75) is 58.0 Å². The van der Waals surface area contributed by atoms with Gasteiger partial charge in [-0.15, -0.1) is 0 Å². The van der Waals surface area contributed by atoms with Crippen LogP contribution in [0.4, 0.5) is 4.79 Å². The third kappa shape index (κ3) is 9.65. The molecular formula is C15H28N4O5. The number of amides is 4. The third-order valence-corrected chi connectivity index (χ3v) is 3.26. The van der Waals surface area contributed by atoms with E-state index in [9.17, 15) is 19.2 Å². The van der Waals surface area contributed by atoms with Gasteiger partial charge in [-0.2, -0.15) is 0 Å². The number of carbonyl (C=O) groups is 4. The zero-order valence-electron chi connectivity index (χ0n) is 14.5. The van der Waals surface area contributed by atoms with E-state index in [0.29, 0.717) is 6.54 Å². The minimum Gasteiger partial charge on any atom is -0.467 e.